The van der Waals surface area contributed by atoms with E-state index in [0.717, 1.165) is 12.1 Å². The highest BCUT2D eigenvalue weighted by atomic mass is 32.2. The van der Waals surface area contributed by atoms with Crippen LogP contribution in [-0.2, 0) is 0 Å². The summed E-state index contributed by atoms with van der Waals surface area (Å²) in [5.41, 5.74) is 6.06. The first-order valence-corrected chi connectivity index (χ1v) is 4.89. The van der Waals surface area contributed by atoms with E-state index in [2.05, 4.69) is 0 Å². The van der Waals surface area contributed by atoms with Crippen LogP contribution in [0, 0.1) is 11.6 Å². The van der Waals surface area contributed by atoms with Gasteiger partial charge in [-0.25, -0.2) is 8.78 Å². The molecule has 1 aromatic carbocycles. The minimum Gasteiger partial charge on any atom is -0.323 e. The molecule has 0 radical (unpaired) electrons. The van der Waals surface area contributed by atoms with E-state index in [4.69, 9.17) is 5.73 Å². The maximum atomic E-state index is 13.2. The maximum Gasteiger partial charge on any atom is 0.137 e. The molecule has 0 saturated heterocycles. The van der Waals surface area contributed by atoms with Crippen LogP contribution >= 0.6 is 11.8 Å². The summed E-state index contributed by atoms with van der Waals surface area (Å²) in [7, 11) is 0. The second kappa shape index (κ2) is 2.96. The monoisotopic (exact) mass is 201 g/mol. The van der Waals surface area contributed by atoms with Crippen molar-refractivity contribution in [3.63, 3.8) is 0 Å². The fourth-order valence-electron chi connectivity index (χ4n) is 1.47. The zero-order valence-electron chi connectivity index (χ0n) is 7.05. The van der Waals surface area contributed by atoms with Gasteiger partial charge in [-0.1, -0.05) is 6.92 Å². The van der Waals surface area contributed by atoms with E-state index in [1.807, 2.05) is 6.92 Å². The summed E-state index contributed by atoms with van der Waals surface area (Å²) >= 11 is 1.30. The third-order valence-electron chi connectivity index (χ3n) is 2.24. The fourth-order valence-corrected chi connectivity index (χ4v) is 2.67. The molecule has 2 rings (SSSR count). The molecule has 0 spiro atoms. The Balaban J connectivity index is 2.61. The van der Waals surface area contributed by atoms with Crippen molar-refractivity contribution in [2.45, 2.75) is 23.1 Å². The summed E-state index contributed by atoms with van der Waals surface area (Å²) in [6.07, 6.45) is 0. The Bertz CT molecular complexity index is 354. The first kappa shape index (κ1) is 8.97. The highest BCUT2D eigenvalue weighted by Gasteiger charge is 2.32. The lowest BCUT2D eigenvalue weighted by molar-refractivity contribution is 0.547. The van der Waals surface area contributed by atoms with Gasteiger partial charge in [0.1, 0.15) is 11.6 Å². The van der Waals surface area contributed by atoms with E-state index < -0.39 is 11.9 Å². The number of benzene rings is 1. The average molecular weight is 201 g/mol. The van der Waals surface area contributed by atoms with Crippen LogP contribution in [0.5, 0.6) is 0 Å². The Labute approximate surface area is 79.3 Å². The van der Waals surface area contributed by atoms with Gasteiger partial charge >= 0.3 is 0 Å². The zero-order chi connectivity index (χ0) is 9.59. The molecule has 1 aliphatic heterocycles. The Hall–Kier alpha value is -0.610. The van der Waals surface area contributed by atoms with Crippen molar-refractivity contribution in [3.8, 4) is 0 Å². The number of nitrogens with two attached hydrogens (primary N) is 1. The Morgan fingerprint density at radius 3 is 2.54 bits per heavy atom. The molecule has 0 amide bonds. The van der Waals surface area contributed by atoms with Crippen LogP contribution in [0.2, 0.25) is 0 Å². The Kier molecular flexibility index (Phi) is 2.04. The summed E-state index contributed by atoms with van der Waals surface area (Å²) < 4.78 is 26.4. The molecule has 0 fully saturated rings. The van der Waals surface area contributed by atoms with Gasteiger partial charge in [-0.05, 0) is 12.1 Å². The quantitative estimate of drug-likeness (QED) is 0.697. The van der Waals surface area contributed by atoms with E-state index >= 15 is 0 Å². The second-order valence-electron chi connectivity index (χ2n) is 3.12. The number of fused-ring (bicyclic) bond motifs is 1. The highest BCUT2D eigenvalue weighted by Crippen LogP contribution is 2.44. The molecule has 1 heterocycles. The molecular weight excluding hydrogens is 192 g/mol. The summed E-state index contributed by atoms with van der Waals surface area (Å²) in [5, 5.41) is 0.0430. The standard InChI is InChI=1S/C9H9F2NS/c1-4-8(12)7-5(10)2-3-6(11)9(7)13-4/h2-4,8H,12H2,1H3. The third-order valence-corrected chi connectivity index (χ3v) is 3.55. The van der Waals surface area contributed by atoms with Crippen molar-refractivity contribution in [3.05, 3.63) is 29.3 Å². The average Bonchev–Trinajstić information content (AvgIpc) is 2.38. The van der Waals surface area contributed by atoms with Crippen molar-refractivity contribution in [1.29, 1.82) is 0 Å². The Morgan fingerprint density at radius 1 is 1.31 bits per heavy atom. The van der Waals surface area contributed by atoms with Crippen LogP contribution in [0.25, 0.3) is 0 Å². The second-order valence-corrected chi connectivity index (χ2v) is 4.51. The molecule has 0 aromatic heterocycles. The zero-order valence-corrected chi connectivity index (χ0v) is 7.87. The molecule has 1 aromatic rings. The summed E-state index contributed by atoms with van der Waals surface area (Å²) in [6.45, 7) is 1.87. The van der Waals surface area contributed by atoms with E-state index in [1.165, 1.54) is 11.8 Å². The molecule has 2 N–H and O–H groups in total. The van der Waals surface area contributed by atoms with Gasteiger partial charge in [-0.15, -0.1) is 11.8 Å². The molecule has 13 heavy (non-hydrogen) atoms. The van der Waals surface area contributed by atoms with Gasteiger partial charge < -0.3 is 5.73 Å². The molecule has 1 aliphatic rings. The van der Waals surface area contributed by atoms with Gasteiger partial charge in [0.05, 0.1) is 4.90 Å². The van der Waals surface area contributed by atoms with E-state index in [-0.39, 0.29) is 11.1 Å². The van der Waals surface area contributed by atoms with Crippen LogP contribution in [-0.4, -0.2) is 5.25 Å². The molecule has 2 unspecified atom stereocenters. The smallest absolute Gasteiger partial charge is 0.137 e. The van der Waals surface area contributed by atoms with Crippen molar-refractivity contribution >= 4 is 11.8 Å². The molecule has 0 bridgehead atoms. The van der Waals surface area contributed by atoms with Crippen LogP contribution < -0.4 is 5.73 Å². The van der Waals surface area contributed by atoms with E-state index in [0.29, 0.717) is 10.5 Å². The normalized spacial score (nSPS) is 26.2. The van der Waals surface area contributed by atoms with E-state index in [9.17, 15) is 8.78 Å². The third kappa shape index (κ3) is 1.25. The van der Waals surface area contributed by atoms with Gasteiger partial charge in [0.15, 0.2) is 0 Å². The van der Waals surface area contributed by atoms with Gasteiger partial charge in [-0.2, -0.15) is 0 Å². The molecule has 2 atom stereocenters. The lowest BCUT2D eigenvalue weighted by atomic mass is 10.1. The number of rotatable bonds is 0. The SMILES string of the molecule is CC1Sc2c(F)ccc(F)c2C1N. The summed E-state index contributed by atoms with van der Waals surface area (Å²) in [5.74, 6) is -0.776. The predicted octanol–water partition coefficient (Wildman–Crippen LogP) is 2.46. The lowest BCUT2D eigenvalue weighted by Gasteiger charge is -2.08. The molecule has 0 aliphatic carbocycles. The molecule has 0 saturated carbocycles. The first-order chi connectivity index (χ1) is 6.11. The largest absolute Gasteiger partial charge is 0.323 e. The Morgan fingerprint density at radius 2 is 1.92 bits per heavy atom. The summed E-state index contributed by atoms with van der Waals surface area (Å²) in [6, 6.07) is 1.88. The minimum atomic E-state index is -0.402. The van der Waals surface area contributed by atoms with Crippen molar-refractivity contribution < 1.29 is 8.78 Å². The van der Waals surface area contributed by atoms with E-state index in [1.54, 1.807) is 0 Å². The lowest BCUT2D eigenvalue weighted by Crippen LogP contribution is -2.17. The molecule has 1 nitrogen and oxygen atoms in total. The van der Waals surface area contributed by atoms with Crippen molar-refractivity contribution in [1.82, 2.24) is 0 Å². The van der Waals surface area contributed by atoms with Crippen molar-refractivity contribution in [2.24, 2.45) is 5.73 Å². The first-order valence-electron chi connectivity index (χ1n) is 4.01. The van der Waals surface area contributed by atoms with Crippen LogP contribution in [0.3, 0.4) is 0 Å². The minimum absolute atomic E-state index is 0.0430. The molecular formula is C9H9F2NS. The topological polar surface area (TPSA) is 26.0 Å². The van der Waals surface area contributed by atoms with Crippen LogP contribution in [0.1, 0.15) is 18.5 Å². The number of hydrogen-bond donors (Lipinski definition) is 1. The predicted molar refractivity (Wildman–Crippen MR) is 48.6 cm³/mol. The van der Waals surface area contributed by atoms with Crippen LogP contribution in [0.15, 0.2) is 17.0 Å². The highest BCUT2D eigenvalue weighted by molar-refractivity contribution is 8.00. The summed E-state index contributed by atoms with van der Waals surface area (Å²) in [4.78, 5) is 0.375. The number of hydrogen-bond acceptors (Lipinski definition) is 2. The van der Waals surface area contributed by atoms with Crippen LogP contribution in [0.4, 0.5) is 8.78 Å². The van der Waals surface area contributed by atoms with Gasteiger partial charge in [0.25, 0.3) is 0 Å². The number of thioether (sulfide) groups is 1. The maximum absolute atomic E-state index is 13.2. The fraction of sp³-hybridized carbons (Fsp3) is 0.333. The van der Waals surface area contributed by atoms with Gasteiger partial charge in [-0.3, -0.25) is 0 Å². The molecule has 70 valence electrons. The van der Waals surface area contributed by atoms with Crippen molar-refractivity contribution in [2.75, 3.05) is 0 Å². The number of halogens is 2. The molecule has 4 heteroatoms. The van der Waals surface area contributed by atoms with Gasteiger partial charge in [0.2, 0.25) is 0 Å². The van der Waals surface area contributed by atoms with Gasteiger partial charge in [0, 0.05) is 16.9 Å².